The minimum Gasteiger partial charge on any atom is -0.228 e. The summed E-state index contributed by atoms with van der Waals surface area (Å²) in [4.78, 5) is 25.8. The molecule has 68 heavy (non-hydrogen) atoms. The number of benzene rings is 9. The summed E-state index contributed by atoms with van der Waals surface area (Å²) in [5.74, 6) is 2.73. The lowest BCUT2D eigenvalue weighted by molar-refractivity contribution is 0.754. The number of aromatic nitrogens is 5. The Labute approximate surface area is 395 Å². The first-order chi connectivity index (χ1) is 33.7. The Morgan fingerprint density at radius 2 is 0.485 bits per heavy atom. The van der Waals surface area contributed by atoms with E-state index in [1.165, 1.54) is 50.1 Å². The van der Waals surface area contributed by atoms with Gasteiger partial charge in [-0.05, 0) is 73.8 Å². The maximum Gasteiger partial charge on any atom is 0.164 e. The summed E-state index contributed by atoms with van der Waals surface area (Å²) < 4.78 is 0. The van der Waals surface area contributed by atoms with E-state index in [9.17, 15) is 0 Å². The van der Waals surface area contributed by atoms with Gasteiger partial charge in [-0.15, -0.1) is 0 Å². The molecule has 0 saturated carbocycles. The van der Waals surface area contributed by atoms with Crippen LogP contribution in [0.25, 0.3) is 90.3 Å². The molecule has 2 heterocycles. The van der Waals surface area contributed by atoms with Crippen LogP contribution in [0, 0.1) is 0 Å². The van der Waals surface area contributed by atoms with E-state index in [1.807, 2.05) is 48.5 Å². The van der Waals surface area contributed by atoms with Crippen LogP contribution in [0.2, 0.25) is 0 Å². The molecule has 5 nitrogen and oxygen atoms in total. The Kier molecular flexibility index (Phi) is 9.57. The van der Waals surface area contributed by atoms with Crippen molar-refractivity contribution in [3.63, 3.8) is 0 Å². The molecule has 318 valence electrons. The minimum absolute atomic E-state index is 0.0413. The van der Waals surface area contributed by atoms with Crippen LogP contribution in [0.3, 0.4) is 0 Å². The van der Waals surface area contributed by atoms with E-state index in [4.69, 9.17) is 24.9 Å². The number of rotatable bonds is 8. The van der Waals surface area contributed by atoms with Crippen LogP contribution >= 0.6 is 0 Å². The molecule has 0 spiro atoms. The molecule has 2 unspecified atom stereocenters. The van der Waals surface area contributed by atoms with Crippen LogP contribution in [0.1, 0.15) is 45.2 Å². The van der Waals surface area contributed by atoms with Gasteiger partial charge in [0.05, 0.1) is 11.4 Å². The Hall–Kier alpha value is -8.93. The van der Waals surface area contributed by atoms with Gasteiger partial charge in [-0.2, -0.15) is 0 Å². The van der Waals surface area contributed by atoms with Crippen LogP contribution < -0.4 is 0 Å². The van der Waals surface area contributed by atoms with Crippen molar-refractivity contribution >= 4 is 0 Å². The topological polar surface area (TPSA) is 64.5 Å². The molecular formula is C63H41N5. The van der Waals surface area contributed by atoms with Crippen LogP contribution in [0.15, 0.2) is 237 Å². The second-order valence-electron chi connectivity index (χ2n) is 17.6. The Balaban J connectivity index is 0.902. The summed E-state index contributed by atoms with van der Waals surface area (Å²) >= 11 is 0. The summed E-state index contributed by atoms with van der Waals surface area (Å²) in [6.07, 6.45) is 0. The van der Waals surface area contributed by atoms with Gasteiger partial charge >= 0.3 is 0 Å². The second kappa shape index (κ2) is 16.5. The van der Waals surface area contributed by atoms with Crippen molar-refractivity contribution in [3.05, 3.63) is 270 Å². The zero-order chi connectivity index (χ0) is 45.0. The fourth-order valence-electron chi connectivity index (χ4n) is 10.2. The zero-order valence-corrected chi connectivity index (χ0v) is 36.9. The fraction of sp³-hybridized carbons (Fsp3) is 0.0317. The first kappa shape index (κ1) is 39.4. The number of hydrogen-bond donors (Lipinski definition) is 0. The van der Waals surface area contributed by atoms with Gasteiger partial charge in [0.1, 0.15) is 0 Å². The summed E-state index contributed by atoms with van der Waals surface area (Å²) in [7, 11) is 0. The molecule has 11 aromatic rings. The van der Waals surface area contributed by atoms with Crippen LogP contribution in [-0.2, 0) is 0 Å². The summed E-state index contributed by atoms with van der Waals surface area (Å²) in [6, 6.07) is 83.5. The maximum atomic E-state index is 5.26. The normalized spacial score (nSPS) is 14.2. The Morgan fingerprint density at radius 1 is 0.191 bits per heavy atom. The van der Waals surface area contributed by atoms with E-state index in [0.29, 0.717) is 23.3 Å². The van der Waals surface area contributed by atoms with Crippen LogP contribution in [-0.4, -0.2) is 24.9 Å². The van der Waals surface area contributed by atoms with Gasteiger partial charge in [0.15, 0.2) is 23.3 Å². The fourth-order valence-corrected chi connectivity index (χ4v) is 10.2. The first-order valence-electron chi connectivity index (χ1n) is 23.1. The molecule has 2 bridgehead atoms. The van der Waals surface area contributed by atoms with Crippen molar-refractivity contribution in [1.82, 2.24) is 24.9 Å². The van der Waals surface area contributed by atoms with Gasteiger partial charge in [0, 0.05) is 45.2 Å². The van der Waals surface area contributed by atoms with Crippen molar-refractivity contribution in [2.75, 3.05) is 0 Å². The van der Waals surface area contributed by atoms with E-state index in [-0.39, 0.29) is 11.8 Å². The van der Waals surface area contributed by atoms with E-state index < -0.39 is 0 Å². The SMILES string of the molecule is c1ccc(-c2ccc(-c3cc(-c4ccc5c(c4)C4c6ccccc6C5c5cc(-c6nc(-c7ccccc7)nc(-c7ccc(-c8ccccc8)cc7)n6)ccc54)nc(-c4ccccc4)n3)cc2)cc1. The molecule has 5 heteroatoms. The summed E-state index contributed by atoms with van der Waals surface area (Å²) in [5.41, 5.74) is 20.3. The average Bonchev–Trinajstić information content (AvgIpc) is 3.43. The highest BCUT2D eigenvalue weighted by atomic mass is 15.0. The predicted molar refractivity (Wildman–Crippen MR) is 274 cm³/mol. The quantitative estimate of drug-likeness (QED) is 0.152. The van der Waals surface area contributed by atoms with E-state index >= 15 is 0 Å². The third-order valence-electron chi connectivity index (χ3n) is 13.6. The lowest BCUT2D eigenvalue weighted by Gasteiger charge is -2.42. The standard InChI is InChI=1S/C63H41N5/c1-5-15-40(16-6-1)42-25-29-44(30-26-42)56-39-57(65-60(64-56)45-19-9-3-10-20-45)48-33-35-52-54(37-48)58-50-23-13-14-24-51(50)59(52)55-38-49(34-36-53(55)58)63-67-61(46-21-11-4-12-22-46)66-62(68-63)47-31-27-43(28-32-47)41-17-7-2-8-18-41/h1-39,58-59H. The van der Waals surface area contributed by atoms with Gasteiger partial charge in [-0.1, -0.05) is 218 Å². The second-order valence-corrected chi connectivity index (χ2v) is 17.6. The zero-order valence-electron chi connectivity index (χ0n) is 36.9. The van der Waals surface area contributed by atoms with Crippen molar-refractivity contribution in [3.8, 4) is 90.3 Å². The lowest BCUT2D eigenvalue weighted by Crippen LogP contribution is -2.27. The average molecular weight is 868 g/mol. The first-order valence-corrected chi connectivity index (χ1v) is 23.1. The molecule has 3 aliphatic rings. The Morgan fingerprint density at radius 3 is 0.971 bits per heavy atom. The molecule has 0 fully saturated rings. The van der Waals surface area contributed by atoms with Crippen LogP contribution in [0.5, 0.6) is 0 Å². The van der Waals surface area contributed by atoms with Crippen molar-refractivity contribution in [2.45, 2.75) is 11.8 Å². The lowest BCUT2D eigenvalue weighted by atomic mass is 9.60. The molecule has 2 atom stereocenters. The molecule has 0 radical (unpaired) electrons. The third kappa shape index (κ3) is 7.00. The Bertz CT molecular complexity index is 3410. The van der Waals surface area contributed by atoms with Gasteiger partial charge < -0.3 is 0 Å². The van der Waals surface area contributed by atoms with E-state index in [1.54, 1.807) is 0 Å². The summed E-state index contributed by atoms with van der Waals surface area (Å²) in [5, 5.41) is 0. The largest absolute Gasteiger partial charge is 0.228 e. The minimum atomic E-state index is 0.0413. The highest BCUT2D eigenvalue weighted by molar-refractivity contribution is 5.78. The van der Waals surface area contributed by atoms with Crippen LogP contribution in [0.4, 0.5) is 0 Å². The maximum absolute atomic E-state index is 5.26. The smallest absolute Gasteiger partial charge is 0.164 e. The highest BCUT2D eigenvalue weighted by Gasteiger charge is 2.41. The molecular weight excluding hydrogens is 827 g/mol. The van der Waals surface area contributed by atoms with Gasteiger partial charge in [0.25, 0.3) is 0 Å². The van der Waals surface area contributed by atoms with Crippen molar-refractivity contribution in [2.24, 2.45) is 0 Å². The third-order valence-corrected chi connectivity index (χ3v) is 13.6. The van der Waals surface area contributed by atoms with Gasteiger partial charge in [0.2, 0.25) is 0 Å². The molecule has 2 aromatic heterocycles. The highest BCUT2D eigenvalue weighted by Crippen LogP contribution is 2.56. The van der Waals surface area contributed by atoms with E-state index in [2.05, 4.69) is 188 Å². The molecule has 0 amide bonds. The molecule has 0 saturated heterocycles. The van der Waals surface area contributed by atoms with E-state index in [0.717, 1.165) is 50.3 Å². The molecule has 0 aliphatic heterocycles. The monoisotopic (exact) mass is 867 g/mol. The molecule has 0 N–H and O–H groups in total. The summed E-state index contributed by atoms with van der Waals surface area (Å²) in [6.45, 7) is 0. The van der Waals surface area contributed by atoms with Crippen molar-refractivity contribution in [1.29, 1.82) is 0 Å². The molecule has 3 aliphatic carbocycles. The van der Waals surface area contributed by atoms with Gasteiger partial charge in [-0.25, -0.2) is 24.9 Å². The van der Waals surface area contributed by atoms with Gasteiger partial charge in [-0.3, -0.25) is 0 Å². The number of nitrogens with zero attached hydrogens (tertiary/aromatic N) is 5. The molecule has 9 aromatic carbocycles. The van der Waals surface area contributed by atoms with Crippen molar-refractivity contribution < 1.29 is 0 Å². The number of hydrogen-bond acceptors (Lipinski definition) is 5. The predicted octanol–water partition coefficient (Wildman–Crippen LogP) is 15.0. The molecule has 14 rings (SSSR count).